The van der Waals surface area contributed by atoms with Crippen molar-refractivity contribution in [3.05, 3.63) is 95.5 Å². The van der Waals surface area contributed by atoms with Crippen molar-refractivity contribution in [3.8, 4) is 11.1 Å². The number of hydrogen-bond acceptors (Lipinski definition) is 4. The van der Waals surface area contributed by atoms with Crippen LogP contribution in [0.25, 0.3) is 22.9 Å². The Morgan fingerprint density at radius 1 is 1.06 bits per heavy atom. The molecule has 0 fully saturated rings. The van der Waals surface area contributed by atoms with Gasteiger partial charge in [0.15, 0.2) is 5.65 Å². The lowest BCUT2D eigenvalue weighted by atomic mass is 10.00. The van der Waals surface area contributed by atoms with Crippen molar-refractivity contribution >= 4 is 23.6 Å². The fourth-order valence-corrected chi connectivity index (χ4v) is 3.19. The number of pyridine rings is 1. The lowest BCUT2D eigenvalue weighted by Gasteiger charge is -2.10. The van der Waals surface area contributed by atoms with Crippen molar-refractivity contribution in [2.75, 3.05) is 0 Å². The summed E-state index contributed by atoms with van der Waals surface area (Å²) in [5, 5.41) is 16.1. The lowest BCUT2D eigenvalue weighted by molar-refractivity contribution is -0.131. The third-order valence-electron chi connectivity index (χ3n) is 4.82. The Hall–Kier alpha value is -4.26. The maximum Gasteiger partial charge on any atom is 0.328 e. The highest BCUT2D eigenvalue weighted by molar-refractivity contribution is 5.96. The standard InChI is InChI=1S/C24H20N4O3/c1-16-2-4-17(5-3-16)13-25-24(31)21-11-18(6-9-23(29)30)10-20(12-21)19-7-8-22-26-15-27-28(22)14-19/h2-12,14-15H,13H2,1H3,(H,25,31)(H,29,30)/b9-6+. The van der Waals surface area contributed by atoms with Gasteiger partial charge in [-0.15, -0.1) is 0 Å². The largest absolute Gasteiger partial charge is 0.478 e. The Morgan fingerprint density at radius 2 is 1.87 bits per heavy atom. The van der Waals surface area contributed by atoms with Crippen molar-refractivity contribution < 1.29 is 14.7 Å². The molecule has 2 N–H and O–H groups in total. The van der Waals surface area contributed by atoms with Crippen molar-refractivity contribution in [1.29, 1.82) is 0 Å². The number of aliphatic carboxylic acids is 1. The number of carbonyl (C=O) groups excluding carboxylic acids is 1. The van der Waals surface area contributed by atoms with Gasteiger partial charge in [-0.1, -0.05) is 29.8 Å². The second kappa shape index (κ2) is 8.62. The first-order valence-corrected chi connectivity index (χ1v) is 9.67. The molecule has 0 aliphatic rings. The number of nitrogens with one attached hydrogen (secondary N) is 1. The highest BCUT2D eigenvalue weighted by Crippen LogP contribution is 2.24. The zero-order valence-corrected chi connectivity index (χ0v) is 16.8. The molecule has 0 atom stereocenters. The molecule has 2 aromatic carbocycles. The zero-order valence-electron chi connectivity index (χ0n) is 16.8. The van der Waals surface area contributed by atoms with E-state index in [-0.39, 0.29) is 5.91 Å². The van der Waals surface area contributed by atoms with Gasteiger partial charge in [-0.2, -0.15) is 5.10 Å². The molecule has 0 aliphatic heterocycles. The van der Waals surface area contributed by atoms with Gasteiger partial charge >= 0.3 is 5.97 Å². The van der Waals surface area contributed by atoms with Gasteiger partial charge in [0.25, 0.3) is 5.91 Å². The summed E-state index contributed by atoms with van der Waals surface area (Å²) in [6.07, 6.45) is 5.80. The van der Waals surface area contributed by atoms with E-state index < -0.39 is 5.97 Å². The number of amides is 1. The monoisotopic (exact) mass is 412 g/mol. The van der Waals surface area contributed by atoms with Crippen LogP contribution in [0.3, 0.4) is 0 Å². The van der Waals surface area contributed by atoms with Crippen LogP contribution < -0.4 is 5.32 Å². The molecular weight excluding hydrogens is 392 g/mol. The van der Waals surface area contributed by atoms with Crippen LogP contribution in [0.1, 0.15) is 27.0 Å². The summed E-state index contributed by atoms with van der Waals surface area (Å²) in [6.45, 7) is 2.41. The highest BCUT2D eigenvalue weighted by atomic mass is 16.4. The number of benzene rings is 2. The van der Waals surface area contributed by atoms with E-state index in [1.165, 1.54) is 12.4 Å². The van der Waals surface area contributed by atoms with Gasteiger partial charge in [-0.3, -0.25) is 4.79 Å². The number of carboxylic acids is 1. The zero-order chi connectivity index (χ0) is 21.8. The van der Waals surface area contributed by atoms with Gasteiger partial charge in [0.1, 0.15) is 6.33 Å². The summed E-state index contributed by atoms with van der Waals surface area (Å²) in [5.41, 5.74) is 5.51. The first kappa shape index (κ1) is 20.0. The topological polar surface area (TPSA) is 96.6 Å². The second-order valence-corrected chi connectivity index (χ2v) is 7.16. The number of aryl methyl sites for hydroxylation is 1. The molecule has 0 unspecified atom stereocenters. The number of carboxylic acid groups (broad SMARTS) is 1. The summed E-state index contributed by atoms with van der Waals surface area (Å²) in [5.74, 6) is -1.30. The molecule has 154 valence electrons. The second-order valence-electron chi connectivity index (χ2n) is 7.16. The van der Waals surface area contributed by atoms with Crippen LogP contribution in [0, 0.1) is 6.92 Å². The van der Waals surface area contributed by atoms with Crippen LogP contribution in [0.5, 0.6) is 0 Å². The van der Waals surface area contributed by atoms with Crippen LogP contribution in [0.4, 0.5) is 0 Å². The first-order valence-electron chi connectivity index (χ1n) is 9.67. The van der Waals surface area contributed by atoms with Crippen molar-refractivity contribution in [1.82, 2.24) is 19.9 Å². The fraction of sp³-hybridized carbons (Fsp3) is 0.0833. The molecule has 0 radical (unpaired) electrons. The fourth-order valence-electron chi connectivity index (χ4n) is 3.19. The predicted octanol–water partition coefficient (Wildman–Crippen LogP) is 3.73. The Balaban J connectivity index is 1.65. The minimum atomic E-state index is -1.06. The maximum atomic E-state index is 12.9. The third kappa shape index (κ3) is 4.84. The summed E-state index contributed by atoms with van der Waals surface area (Å²) < 4.78 is 1.65. The molecule has 2 aromatic heterocycles. The van der Waals surface area contributed by atoms with Crippen LogP contribution in [0.15, 0.2) is 73.2 Å². The van der Waals surface area contributed by atoms with Crippen molar-refractivity contribution in [3.63, 3.8) is 0 Å². The maximum absolute atomic E-state index is 12.9. The first-order chi connectivity index (χ1) is 15.0. The number of fused-ring (bicyclic) bond motifs is 1. The van der Waals surface area contributed by atoms with E-state index in [1.807, 2.05) is 55.6 Å². The normalized spacial score (nSPS) is 11.1. The van der Waals surface area contributed by atoms with E-state index in [4.69, 9.17) is 5.11 Å². The van der Waals surface area contributed by atoms with Crippen LogP contribution >= 0.6 is 0 Å². The number of aromatic nitrogens is 3. The summed E-state index contributed by atoms with van der Waals surface area (Å²) >= 11 is 0. The van der Waals surface area contributed by atoms with Crippen LogP contribution in [-0.2, 0) is 11.3 Å². The predicted molar refractivity (Wildman–Crippen MR) is 117 cm³/mol. The Labute approximate surface area is 178 Å². The Kier molecular flexibility index (Phi) is 5.57. The third-order valence-corrected chi connectivity index (χ3v) is 4.82. The van der Waals surface area contributed by atoms with Gasteiger partial charge < -0.3 is 10.4 Å². The number of rotatable bonds is 6. The molecule has 7 nitrogen and oxygen atoms in total. The Bertz CT molecular complexity index is 1290. The average Bonchev–Trinajstić information content (AvgIpc) is 3.25. The molecular formula is C24H20N4O3. The van der Waals surface area contributed by atoms with E-state index in [0.29, 0.717) is 23.3 Å². The average molecular weight is 412 g/mol. The molecule has 4 aromatic rings. The molecule has 31 heavy (non-hydrogen) atoms. The number of carbonyl (C=O) groups is 2. The molecule has 0 bridgehead atoms. The smallest absolute Gasteiger partial charge is 0.328 e. The number of hydrogen-bond donors (Lipinski definition) is 2. The SMILES string of the molecule is Cc1ccc(CNC(=O)c2cc(/C=C/C(=O)O)cc(-c3ccc4ncnn4c3)c2)cc1. The van der Waals surface area contributed by atoms with Gasteiger partial charge in [-0.05, 0) is 60.0 Å². The quantitative estimate of drug-likeness (QED) is 0.471. The molecule has 4 rings (SSSR count). The Morgan fingerprint density at radius 3 is 2.65 bits per heavy atom. The summed E-state index contributed by atoms with van der Waals surface area (Å²) in [6, 6.07) is 16.9. The van der Waals surface area contributed by atoms with Crippen molar-refractivity contribution in [2.24, 2.45) is 0 Å². The van der Waals surface area contributed by atoms with Gasteiger partial charge in [0.05, 0.1) is 0 Å². The van der Waals surface area contributed by atoms with Crippen LogP contribution in [-0.4, -0.2) is 31.6 Å². The van der Waals surface area contributed by atoms with E-state index in [1.54, 1.807) is 16.6 Å². The summed E-state index contributed by atoms with van der Waals surface area (Å²) in [4.78, 5) is 27.9. The molecule has 0 saturated heterocycles. The van der Waals surface area contributed by atoms with E-state index in [2.05, 4.69) is 15.4 Å². The van der Waals surface area contributed by atoms with Crippen LogP contribution in [0.2, 0.25) is 0 Å². The van der Waals surface area contributed by atoms with Crippen molar-refractivity contribution in [2.45, 2.75) is 13.5 Å². The molecule has 1 amide bonds. The summed E-state index contributed by atoms with van der Waals surface area (Å²) in [7, 11) is 0. The highest BCUT2D eigenvalue weighted by Gasteiger charge is 2.11. The van der Waals surface area contributed by atoms with E-state index in [0.717, 1.165) is 28.3 Å². The molecule has 0 saturated carbocycles. The van der Waals surface area contributed by atoms with Gasteiger partial charge in [0, 0.05) is 29.9 Å². The van der Waals surface area contributed by atoms with E-state index in [9.17, 15) is 9.59 Å². The van der Waals surface area contributed by atoms with Gasteiger partial charge in [0.2, 0.25) is 0 Å². The molecule has 0 aliphatic carbocycles. The minimum Gasteiger partial charge on any atom is -0.478 e. The molecule has 7 heteroatoms. The number of nitrogens with zero attached hydrogens (tertiary/aromatic N) is 3. The molecule has 0 spiro atoms. The van der Waals surface area contributed by atoms with E-state index >= 15 is 0 Å². The lowest BCUT2D eigenvalue weighted by Crippen LogP contribution is -2.22. The van der Waals surface area contributed by atoms with Gasteiger partial charge in [-0.25, -0.2) is 14.3 Å². The molecule has 2 heterocycles. The minimum absolute atomic E-state index is 0.241.